The van der Waals surface area contributed by atoms with Gasteiger partial charge in [-0.25, -0.2) is 0 Å². The fourth-order valence-corrected chi connectivity index (χ4v) is 0. The lowest BCUT2D eigenvalue weighted by Crippen LogP contribution is -2.00. The van der Waals surface area contributed by atoms with E-state index in [1.807, 2.05) is 0 Å². The van der Waals surface area contributed by atoms with Crippen molar-refractivity contribution in [2.75, 3.05) is 0 Å². The van der Waals surface area contributed by atoms with Gasteiger partial charge in [0.15, 0.2) is 0 Å². The molecule has 0 heterocycles. The van der Waals surface area contributed by atoms with E-state index in [0.717, 1.165) is 0 Å². The molecule has 5 heavy (non-hydrogen) atoms. The summed E-state index contributed by atoms with van der Waals surface area (Å²) in [7, 11) is 0.140. The number of hydrogen-bond acceptors (Lipinski definition) is 2. The molecule has 0 aromatic rings. The summed E-state index contributed by atoms with van der Waals surface area (Å²) in [6, 6.07) is 0. The van der Waals surface area contributed by atoms with Crippen LogP contribution in [0.3, 0.4) is 0 Å². The Hall–Kier alpha value is 0.251. The van der Waals surface area contributed by atoms with E-state index in [1.165, 1.54) is 0 Å². The first kappa shape index (κ1) is 5.25. The molecule has 0 aliphatic heterocycles. The monoisotopic (exact) mass is 116 g/mol. The lowest BCUT2D eigenvalue weighted by Gasteiger charge is -1.49. The van der Waals surface area contributed by atoms with Gasteiger partial charge in [0.2, 0.25) is 0 Å². The number of hydrogen-bond donors (Lipinski definition) is 0. The maximum atomic E-state index is 9.61. The highest BCUT2D eigenvalue weighted by Gasteiger charge is 1.87. The van der Waals surface area contributed by atoms with Gasteiger partial charge >= 0.3 is 16.6 Å². The zero-order valence-corrected chi connectivity index (χ0v) is 5.32. The predicted molar refractivity (Wildman–Crippen MR) is 18.6 cm³/mol. The van der Waals surface area contributed by atoms with Crippen molar-refractivity contribution >= 4 is 26.4 Å². The SMILES string of the molecule is O=[Si][Si](=O)[Si]. The summed E-state index contributed by atoms with van der Waals surface area (Å²) in [6.07, 6.45) is 0. The summed E-state index contributed by atoms with van der Waals surface area (Å²) in [4.78, 5) is 0. The Kier molecular flexibility index (Phi) is 2.61. The molecule has 2 nitrogen and oxygen atoms in total. The van der Waals surface area contributed by atoms with E-state index in [2.05, 4.69) is 9.76 Å². The molecule has 0 aromatic carbocycles. The molecule has 24 valence electrons. The van der Waals surface area contributed by atoms with Crippen LogP contribution >= 0.6 is 0 Å². The van der Waals surface area contributed by atoms with Crippen molar-refractivity contribution in [3.63, 3.8) is 0 Å². The molecule has 0 N–H and O–H groups in total. The molecule has 0 aliphatic rings. The highest BCUT2D eigenvalue weighted by atomic mass is 29.5. The van der Waals surface area contributed by atoms with E-state index in [4.69, 9.17) is 0 Å². The Morgan fingerprint density at radius 1 is 1.80 bits per heavy atom. The molecule has 0 rings (SSSR count). The van der Waals surface area contributed by atoms with E-state index in [0.29, 0.717) is 0 Å². The summed E-state index contributed by atoms with van der Waals surface area (Å²) in [5, 5.41) is 0. The molecule has 0 bridgehead atoms. The van der Waals surface area contributed by atoms with Crippen molar-refractivity contribution in [3.8, 4) is 0 Å². The van der Waals surface area contributed by atoms with Crippen molar-refractivity contribution in [1.82, 2.24) is 0 Å². The Labute approximate surface area is 36.1 Å². The van der Waals surface area contributed by atoms with E-state index in [1.54, 1.807) is 0 Å². The van der Waals surface area contributed by atoms with Crippen LogP contribution in [-0.2, 0) is 8.92 Å². The summed E-state index contributed by atoms with van der Waals surface area (Å²) in [5.74, 6) is 0. The van der Waals surface area contributed by atoms with E-state index >= 15 is 0 Å². The smallest absolute Gasteiger partial charge is 0.372 e. The van der Waals surface area contributed by atoms with E-state index in [-0.39, 0.29) is 0 Å². The quantitative estimate of drug-likeness (QED) is 0.396. The fraction of sp³-hybridized carbons (Fsp3) is 0. The highest BCUT2D eigenvalue weighted by molar-refractivity contribution is 7.23. The molecule has 0 saturated carbocycles. The molecule has 0 saturated heterocycles. The zero-order valence-electron chi connectivity index (χ0n) is 2.32. The zero-order chi connectivity index (χ0) is 4.28. The van der Waals surface area contributed by atoms with Gasteiger partial charge in [-0.15, -0.1) is 0 Å². The minimum atomic E-state index is -1.85. The van der Waals surface area contributed by atoms with Gasteiger partial charge in [-0.1, -0.05) is 0 Å². The van der Waals surface area contributed by atoms with Gasteiger partial charge in [0.05, 0.1) is 9.76 Å². The molecule has 5 heteroatoms. The van der Waals surface area contributed by atoms with Crippen molar-refractivity contribution in [2.24, 2.45) is 0 Å². The van der Waals surface area contributed by atoms with Crippen LogP contribution in [-0.4, -0.2) is 26.4 Å². The van der Waals surface area contributed by atoms with Crippen LogP contribution in [0.15, 0.2) is 0 Å². The minimum absolute atomic E-state index is 0.676. The molecule has 4 radical (unpaired) electrons. The third-order valence-electron chi connectivity index (χ3n) is 0.0927. The first-order valence-corrected chi connectivity index (χ1v) is 5.72. The van der Waals surface area contributed by atoms with Crippen LogP contribution in [0.5, 0.6) is 0 Å². The molecule has 0 amide bonds. The fourth-order valence-electron chi connectivity index (χ4n) is 0. The average Bonchev–Trinajstić information content (AvgIpc) is 1.38. The molecule has 0 atom stereocenters. The second kappa shape index (κ2) is 2.49. The molecule has 0 unspecified atom stereocenters. The highest BCUT2D eigenvalue weighted by Crippen LogP contribution is 1.31. The van der Waals surface area contributed by atoms with E-state index < -0.39 is 16.6 Å². The predicted octanol–water partition coefficient (Wildman–Crippen LogP) is -1.38. The van der Waals surface area contributed by atoms with Crippen LogP contribution in [0.2, 0.25) is 0 Å². The summed E-state index contributed by atoms with van der Waals surface area (Å²) >= 11 is 0. The van der Waals surface area contributed by atoms with E-state index in [9.17, 15) is 8.92 Å². The number of rotatable bonds is 1. The van der Waals surface area contributed by atoms with Crippen LogP contribution in [0.25, 0.3) is 0 Å². The molecular weight excluding hydrogens is 116 g/mol. The van der Waals surface area contributed by atoms with Gasteiger partial charge in [0.25, 0.3) is 0 Å². The topological polar surface area (TPSA) is 34.1 Å². The molecule has 0 aromatic heterocycles. The second-order valence-electron chi connectivity index (χ2n) is 0.431. The van der Waals surface area contributed by atoms with Gasteiger partial charge in [0.1, 0.15) is 0 Å². The van der Waals surface area contributed by atoms with Gasteiger partial charge in [-0.05, 0) is 0 Å². The van der Waals surface area contributed by atoms with Crippen LogP contribution < -0.4 is 0 Å². The van der Waals surface area contributed by atoms with Crippen molar-refractivity contribution in [2.45, 2.75) is 0 Å². The summed E-state index contributed by atoms with van der Waals surface area (Å²) in [6.45, 7) is 0. The average molecular weight is 116 g/mol. The summed E-state index contributed by atoms with van der Waals surface area (Å²) in [5.41, 5.74) is 0. The normalized spacial score (nSPS) is 6.60. The molecule has 0 aliphatic carbocycles. The van der Waals surface area contributed by atoms with Gasteiger partial charge < -0.3 is 8.92 Å². The largest absolute Gasteiger partial charge is 0.390 e. The molecule has 0 fully saturated rings. The Morgan fingerprint density at radius 3 is 2.00 bits per heavy atom. The first-order valence-electron chi connectivity index (χ1n) is 0.908. The van der Waals surface area contributed by atoms with Crippen LogP contribution in [0.4, 0.5) is 0 Å². The lowest BCUT2D eigenvalue weighted by atomic mass is 16.0. The standard InChI is InChI=1S/O2Si3/c1-4-5(2)3. The van der Waals surface area contributed by atoms with Crippen molar-refractivity contribution in [1.29, 1.82) is 0 Å². The van der Waals surface area contributed by atoms with Gasteiger partial charge in [-0.3, -0.25) is 0 Å². The molecular formula is O2Si3. The Balaban J connectivity index is 3.20. The van der Waals surface area contributed by atoms with Crippen molar-refractivity contribution < 1.29 is 8.92 Å². The van der Waals surface area contributed by atoms with Crippen LogP contribution in [0.1, 0.15) is 0 Å². The third-order valence-corrected chi connectivity index (χ3v) is 1.75. The Bertz CT molecular complexity index is 55.9. The minimum Gasteiger partial charge on any atom is -0.390 e. The van der Waals surface area contributed by atoms with Gasteiger partial charge in [-0.2, -0.15) is 0 Å². The maximum Gasteiger partial charge on any atom is 0.372 e. The maximum absolute atomic E-state index is 9.61. The van der Waals surface area contributed by atoms with Crippen LogP contribution in [0, 0.1) is 0 Å². The second-order valence-corrected chi connectivity index (χ2v) is 6.13. The molecule has 0 spiro atoms. The summed E-state index contributed by atoms with van der Waals surface area (Å²) < 4.78 is 19.0. The lowest BCUT2D eigenvalue weighted by molar-refractivity contribution is 0.564. The van der Waals surface area contributed by atoms with Crippen molar-refractivity contribution in [3.05, 3.63) is 0 Å². The first-order chi connectivity index (χ1) is 2.27. The Morgan fingerprint density at radius 2 is 2.00 bits per heavy atom. The third kappa shape index (κ3) is 4.25. The van der Waals surface area contributed by atoms with Gasteiger partial charge in [0, 0.05) is 0 Å².